The Morgan fingerprint density at radius 2 is 1.86 bits per heavy atom. The lowest BCUT2D eigenvalue weighted by Gasteiger charge is -2.29. The third-order valence-corrected chi connectivity index (χ3v) is 5.28. The van der Waals surface area contributed by atoms with Gasteiger partial charge in [0.2, 0.25) is 11.8 Å². The summed E-state index contributed by atoms with van der Waals surface area (Å²) in [7, 11) is 0. The minimum absolute atomic E-state index is 0.0654. The van der Waals surface area contributed by atoms with Crippen LogP contribution >= 0.6 is 11.8 Å². The van der Waals surface area contributed by atoms with Gasteiger partial charge in [0.25, 0.3) is 0 Å². The van der Waals surface area contributed by atoms with E-state index in [0.29, 0.717) is 6.54 Å². The smallest absolute Gasteiger partial charge is 0.387 e. The zero-order valence-corrected chi connectivity index (χ0v) is 15.9. The number of benzene rings is 2. The maximum Gasteiger partial charge on any atom is 0.387 e. The Kier molecular flexibility index (Phi) is 6.86. The molecule has 1 aliphatic heterocycles. The van der Waals surface area contributed by atoms with Gasteiger partial charge in [0, 0.05) is 36.6 Å². The van der Waals surface area contributed by atoms with Crippen molar-refractivity contribution in [2.75, 3.05) is 17.2 Å². The van der Waals surface area contributed by atoms with Crippen molar-refractivity contribution >= 4 is 29.3 Å². The Hall–Kier alpha value is -2.61. The van der Waals surface area contributed by atoms with E-state index in [4.69, 9.17) is 0 Å². The second kappa shape index (κ2) is 9.54. The number of nitrogens with one attached hydrogen (secondary N) is 1. The summed E-state index contributed by atoms with van der Waals surface area (Å²) in [5.41, 5.74) is 1.65. The summed E-state index contributed by atoms with van der Waals surface area (Å²) in [4.78, 5) is 27.4. The predicted molar refractivity (Wildman–Crippen MR) is 104 cm³/mol. The molecule has 0 aromatic heterocycles. The Balaban J connectivity index is 1.45. The van der Waals surface area contributed by atoms with Crippen LogP contribution in [-0.2, 0) is 16.1 Å². The van der Waals surface area contributed by atoms with Crippen LogP contribution in [0.3, 0.4) is 0 Å². The molecule has 1 heterocycles. The average Bonchev–Trinajstić information content (AvgIpc) is 2.70. The lowest BCUT2D eigenvalue weighted by Crippen LogP contribution is -2.36. The van der Waals surface area contributed by atoms with Crippen molar-refractivity contribution in [2.24, 2.45) is 0 Å². The van der Waals surface area contributed by atoms with Crippen molar-refractivity contribution in [1.82, 2.24) is 5.32 Å². The number of halogens is 2. The fraction of sp³-hybridized carbons (Fsp3) is 0.300. The summed E-state index contributed by atoms with van der Waals surface area (Å²) in [5.74, 6) is 0.591. The van der Waals surface area contributed by atoms with Crippen LogP contribution in [0.4, 0.5) is 14.5 Å². The summed E-state index contributed by atoms with van der Waals surface area (Å²) in [6.45, 7) is -1.98. The number of carbonyl (C=O) groups is 2. The second-order valence-corrected chi connectivity index (χ2v) is 7.30. The van der Waals surface area contributed by atoms with E-state index < -0.39 is 6.61 Å². The largest absolute Gasteiger partial charge is 0.435 e. The fourth-order valence-electron chi connectivity index (χ4n) is 2.86. The Morgan fingerprint density at radius 3 is 2.61 bits per heavy atom. The first kappa shape index (κ1) is 20.1. The topological polar surface area (TPSA) is 58.6 Å². The minimum atomic E-state index is -2.87. The lowest BCUT2D eigenvalue weighted by molar-refractivity contribution is -0.125. The Morgan fingerprint density at radius 1 is 1.11 bits per heavy atom. The molecular formula is C20H20F2N2O3S. The molecule has 0 unspecified atom stereocenters. The van der Waals surface area contributed by atoms with Gasteiger partial charge in [-0.25, -0.2) is 0 Å². The molecule has 2 aromatic carbocycles. The van der Waals surface area contributed by atoms with Gasteiger partial charge in [-0.15, -0.1) is 11.8 Å². The lowest BCUT2D eigenvalue weighted by atomic mass is 10.2. The fourth-order valence-corrected chi connectivity index (χ4v) is 3.86. The highest BCUT2D eigenvalue weighted by Gasteiger charge is 2.22. The van der Waals surface area contributed by atoms with Crippen LogP contribution in [0.15, 0.2) is 53.4 Å². The van der Waals surface area contributed by atoms with Crippen molar-refractivity contribution in [2.45, 2.75) is 30.9 Å². The molecule has 0 atom stereocenters. The van der Waals surface area contributed by atoms with Gasteiger partial charge in [-0.3, -0.25) is 9.59 Å². The molecule has 0 saturated heterocycles. The number of fused-ring (bicyclic) bond motifs is 1. The zero-order valence-electron chi connectivity index (χ0n) is 15.1. The molecule has 2 amide bonds. The third-order valence-electron chi connectivity index (χ3n) is 4.23. The number of hydrogen-bond acceptors (Lipinski definition) is 4. The van der Waals surface area contributed by atoms with Gasteiger partial charge in [0.15, 0.2) is 0 Å². The Bertz CT molecular complexity index is 830. The number of anilines is 1. The maximum atomic E-state index is 12.5. The van der Waals surface area contributed by atoms with Gasteiger partial charge in [-0.2, -0.15) is 8.78 Å². The molecule has 8 heteroatoms. The van der Waals surface area contributed by atoms with Crippen molar-refractivity contribution in [3.8, 4) is 5.75 Å². The van der Waals surface area contributed by atoms with Crippen LogP contribution < -0.4 is 15.0 Å². The molecule has 148 valence electrons. The molecule has 0 spiro atoms. The van der Waals surface area contributed by atoms with Gasteiger partial charge < -0.3 is 15.0 Å². The summed E-state index contributed by atoms with van der Waals surface area (Å²) in [5, 5.41) is 2.73. The highest BCUT2D eigenvalue weighted by molar-refractivity contribution is 7.99. The first-order valence-corrected chi connectivity index (χ1v) is 9.84. The summed E-state index contributed by atoms with van der Waals surface area (Å²) in [6.07, 6.45) is 0.225. The number of alkyl halides is 2. The summed E-state index contributed by atoms with van der Waals surface area (Å²) in [6, 6.07) is 13.8. The highest BCUT2D eigenvalue weighted by Crippen LogP contribution is 2.34. The van der Waals surface area contributed by atoms with Gasteiger partial charge in [0.05, 0.1) is 5.69 Å². The normalized spacial score (nSPS) is 13.2. The molecule has 0 radical (unpaired) electrons. The first-order chi connectivity index (χ1) is 13.5. The van der Waals surface area contributed by atoms with E-state index in [1.165, 1.54) is 12.1 Å². The number of thioether (sulfide) groups is 1. The number of carbonyl (C=O) groups excluding carboxylic acids is 2. The monoisotopic (exact) mass is 406 g/mol. The molecule has 28 heavy (non-hydrogen) atoms. The molecule has 0 saturated carbocycles. The molecule has 2 aromatic rings. The van der Waals surface area contributed by atoms with Crippen LogP contribution in [-0.4, -0.2) is 30.7 Å². The molecule has 0 aliphatic carbocycles. The number of rotatable bonds is 7. The van der Waals surface area contributed by atoms with Crippen LogP contribution in [0.5, 0.6) is 5.75 Å². The quantitative estimate of drug-likeness (QED) is 0.760. The van der Waals surface area contributed by atoms with Crippen molar-refractivity contribution in [3.05, 3.63) is 54.1 Å². The van der Waals surface area contributed by atoms with Crippen molar-refractivity contribution in [3.63, 3.8) is 0 Å². The third kappa shape index (κ3) is 5.45. The van der Waals surface area contributed by atoms with Crippen molar-refractivity contribution < 1.29 is 23.1 Å². The van der Waals surface area contributed by atoms with Crippen LogP contribution in [0.1, 0.15) is 18.4 Å². The minimum Gasteiger partial charge on any atom is -0.435 e. The Labute approximate surface area is 166 Å². The number of nitrogens with zero attached hydrogens (tertiary/aromatic N) is 1. The van der Waals surface area contributed by atoms with Crippen LogP contribution in [0.25, 0.3) is 0 Å². The van der Waals surface area contributed by atoms with E-state index in [9.17, 15) is 18.4 Å². The molecular weight excluding hydrogens is 386 g/mol. The van der Waals surface area contributed by atoms with Crippen LogP contribution in [0, 0.1) is 0 Å². The zero-order chi connectivity index (χ0) is 19.9. The molecule has 1 aliphatic rings. The van der Waals surface area contributed by atoms with E-state index >= 15 is 0 Å². The molecule has 0 bridgehead atoms. The van der Waals surface area contributed by atoms with E-state index in [-0.39, 0.29) is 37.0 Å². The van der Waals surface area contributed by atoms with Crippen molar-refractivity contribution in [1.29, 1.82) is 0 Å². The van der Waals surface area contributed by atoms with E-state index in [2.05, 4.69) is 10.1 Å². The standard InChI is InChI=1S/C20H20F2N2O3S/c21-20(22)27-15-7-5-14(6-8-15)13-23-18(25)9-10-19(26)24-11-12-28-17-4-2-1-3-16(17)24/h1-8,20H,9-13H2,(H,23,25). The SMILES string of the molecule is O=C(CCC(=O)N1CCSc2ccccc21)NCc1ccc(OC(F)F)cc1. The molecule has 5 nitrogen and oxygen atoms in total. The number of amides is 2. The van der Waals surface area contributed by atoms with Gasteiger partial charge in [-0.05, 0) is 29.8 Å². The summed E-state index contributed by atoms with van der Waals surface area (Å²) < 4.78 is 28.5. The van der Waals surface area contributed by atoms with Gasteiger partial charge in [-0.1, -0.05) is 24.3 Å². The predicted octanol–water partition coefficient (Wildman–Crippen LogP) is 3.82. The van der Waals surface area contributed by atoms with E-state index in [0.717, 1.165) is 21.9 Å². The van der Waals surface area contributed by atoms with Gasteiger partial charge in [0.1, 0.15) is 5.75 Å². The van der Waals surface area contributed by atoms with E-state index in [1.54, 1.807) is 28.8 Å². The average molecular weight is 406 g/mol. The maximum absolute atomic E-state index is 12.5. The number of hydrogen-bond donors (Lipinski definition) is 1. The van der Waals surface area contributed by atoms with E-state index in [1.807, 2.05) is 24.3 Å². The second-order valence-electron chi connectivity index (χ2n) is 6.16. The highest BCUT2D eigenvalue weighted by atomic mass is 32.2. The first-order valence-electron chi connectivity index (χ1n) is 8.85. The molecule has 0 fully saturated rings. The van der Waals surface area contributed by atoms with Crippen LogP contribution in [0.2, 0.25) is 0 Å². The molecule has 1 N–H and O–H groups in total. The van der Waals surface area contributed by atoms with Gasteiger partial charge >= 0.3 is 6.61 Å². The number of para-hydroxylation sites is 1. The summed E-state index contributed by atoms with van der Waals surface area (Å²) >= 11 is 1.72. The molecule has 3 rings (SSSR count). The number of ether oxygens (including phenoxy) is 1.